The van der Waals surface area contributed by atoms with E-state index < -0.39 is 21.6 Å². The molecule has 1 N–H and O–H groups in total. The van der Waals surface area contributed by atoms with Crippen LogP contribution < -0.4 is 0 Å². The maximum atomic E-state index is 13.2. The summed E-state index contributed by atoms with van der Waals surface area (Å²) >= 11 is 0. The molecule has 0 atom stereocenters. The monoisotopic (exact) mass is 453 g/mol. The molecule has 1 aliphatic carbocycles. The Kier molecular flexibility index (Phi) is 4.67. The summed E-state index contributed by atoms with van der Waals surface area (Å²) in [6.45, 7) is 0.345. The number of rotatable bonds is 5. The van der Waals surface area contributed by atoms with E-state index in [1.807, 2.05) is 18.3 Å². The molecule has 0 spiro atoms. The Morgan fingerprint density at radius 1 is 1.23 bits per heavy atom. The average molecular weight is 453 g/mol. The van der Waals surface area contributed by atoms with Gasteiger partial charge in [-0.05, 0) is 49.3 Å². The fourth-order valence-electron chi connectivity index (χ4n) is 4.43. The molecule has 0 radical (unpaired) electrons. The fraction of sp³-hybridized carbons (Fsp3) is 0.500. The second kappa shape index (κ2) is 7.06. The molecule has 5 rings (SSSR count). The van der Waals surface area contributed by atoms with Gasteiger partial charge in [-0.3, -0.25) is 4.68 Å². The topological polar surface area (TPSA) is 83.9 Å². The number of fused-ring (bicyclic) bond motifs is 1. The number of alkyl halides is 3. The number of sulfonamides is 1. The third-order valence-corrected chi connectivity index (χ3v) is 8.40. The highest BCUT2D eigenvalue weighted by Gasteiger charge is 2.63. The second-order valence-electron chi connectivity index (χ2n) is 8.47. The molecule has 2 fully saturated rings. The van der Waals surface area contributed by atoms with Crippen molar-refractivity contribution in [1.82, 2.24) is 24.1 Å². The van der Waals surface area contributed by atoms with E-state index in [9.17, 15) is 21.6 Å². The van der Waals surface area contributed by atoms with Crippen molar-refractivity contribution in [1.29, 1.82) is 0 Å². The predicted molar refractivity (Wildman–Crippen MR) is 107 cm³/mol. The lowest BCUT2D eigenvalue weighted by Gasteiger charge is -2.30. The fourth-order valence-corrected chi connectivity index (χ4v) is 5.85. The molecule has 0 bridgehead atoms. The van der Waals surface area contributed by atoms with Crippen LogP contribution in [0.4, 0.5) is 13.2 Å². The van der Waals surface area contributed by atoms with Crippen molar-refractivity contribution >= 4 is 21.1 Å². The zero-order valence-corrected chi connectivity index (χ0v) is 17.5. The number of aromatic amines is 1. The van der Waals surface area contributed by atoms with E-state index in [1.165, 1.54) is 10.5 Å². The lowest BCUT2D eigenvalue weighted by atomic mass is 9.90. The van der Waals surface area contributed by atoms with Crippen molar-refractivity contribution in [3.05, 3.63) is 42.5 Å². The summed E-state index contributed by atoms with van der Waals surface area (Å²) in [5.41, 5.74) is 0.175. The van der Waals surface area contributed by atoms with E-state index in [0.717, 1.165) is 27.5 Å². The Hall–Kier alpha value is -2.40. The van der Waals surface area contributed by atoms with Gasteiger partial charge in [0.2, 0.25) is 10.0 Å². The molecule has 31 heavy (non-hydrogen) atoms. The predicted octanol–water partition coefficient (Wildman–Crippen LogP) is 3.67. The number of hydrogen-bond acceptors (Lipinski definition) is 4. The minimum atomic E-state index is -4.31. The summed E-state index contributed by atoms with van der Waals surface area (Å²) in [6.07, 6.45) is 3.14. The molecule has 0 amide bonds. The van der Waals surface area contributed by atoms with Gasteiger partial charge in [-0.25, -0.2) is 13.4 Å². The zero-order chi connectivity index (χ0) is 21.9. The summed E-state index contributed by atoms with van der Waals surface area (Å²) in [5, 5.41) is 4.95. The minimum absolute atomic E-state index is 0.0509. The van der Waals surface area contributed by atoms with Crippen molar-refractivity contribution in [3.8, 4) is 0 Å². The Morgan fingerprint density at radius 3 is 2.65 bits per heavy atom. The van der Waals surface area contributed by atoms with Crippen LogP contribution in [0.2, 0.25) is 0 Å². The lowest BCUT2D eigenvalue weighted by molar-refractivity contribution is -0.191. The van der Waals surface area contributed by atoms with Crippen molar-refractivity contribution in [3.63, 3.8) is 0 Å². The van der Waals surface area contributed by atoms with Gasteiger partial charge in [0.05, 0.1) is 18.2 Å². The summed E-state index contributed by atoms with van der Waals surface area (Å²) in [7, 11) is -3.80. The average Bonchev–Trinajstić information content (AvgIpc) is 3.19. The van der Waals surface area contributed by atoms with Crippen LogP contribution in [-0.2, 0) is 16.6 Å². The highest BCUT2D eigenvalue weighted by atomic mass is 32.2. The second-order valence-corrected chi connectivity index (χ2v) is 10.4. The Morgan fingerprint density at radius 2 is 1.97 bits per heavy atom. The highest BCUT2D eigenvalue weighted by Crippen LogP contribution is 2.58. The van der Waals surface area contributed by atoms with Crippen LogP contribution >= 0.6 is 0 Å². The molecule has 166 valence electrons. The first kappa shape index (κ1) is 20.5. The lowest BCUT2D eigenvalue weighted by Crippen LogP contribution is -2.37. The summed E-state index contributed by atoms with van der Waals surface area (Å²) in [4.78, 5) is 7.40. The quantitative estimate of drug-likeness (QED) is 0.639. The van der Waals surface area contributed by atoms with E-state index in [1.54, 1.807) is 6.20 Å². The Labute approximate surface area is 177 Å². The number of nitrogens with zero attached hydrogens (tertiary/aromatic N) is 4. The molecule has 0 unspecified atom stereocenters. The number of hydrogen-bond donors (Lipinski definition) is 1. The number of nitrogens with one attached hydrogen (secondary N) is 1. The van der Waals surface area contributed by atoms with Crippen molar-refractivity contribution < 1.29 is 21.6 Å². The van der Waals surface area contributed by atoms with Crippen LogP contribution in [0, 0.1) is 5.41 Å². The molecule has 0 aromatic carbocycles. The first-order chi connectivity index (χ1) is 14.7. The standard InChI is InChI=1S/C20H22F3N5O2S/c21-20(22,23)19(5-6-19)13-27-12-15(10-26-27)31(29,30)28-8-3-14(4-9-28)17-11-25-18-16(17)2-1-7-24-18/h1-2,7,10-12,14H,3-6,8-9,13H2,(H,24,25). The van der Waals surface area contributed by atoms with Crippen LogP contribution in [0.5, 0.6) is 0 Å². The minimum Gasteiger partial charge on any atom is -0.346 e. The van der Waals surface area contributed by atoms with Gasteiger partial charge in [0, 0.05) is 37.1 Å². The summed E-state index contributed by atoms with van der Waals surface area (Å²) < 4.78 is 68.1. The number of aromatic nitrogens is 4. The third kappa shape index (κ3) is 3.53. The number of piperidine rings is 1. The molecule has 7 nitrogen and oxygen atoms in total. The van der Waals surface area contributed by atoms with Crippen LogP contribution in [0.15, 0.2) is 41.8 Å². The molecule has 4 heterocycles. The molecule has 2 aliphatic rings. The van der Waals surface area contributed by atoms with Gasteiger partial charge >= 0.3 is 6.18 Å². The maximum absolute atomic E-state index is 13.2. The molecule has 1 saturated heterocycles. The van der Waals surface area contributed by atoms with Crippen molar-refractivity contribution in [2.45, 2.75) is 49.2 Å². The van der Waals surface area contributed by atoms with E-state index in [2.05, 4.69) is 15.1 Å². The van der Waals surface area contributed by atoms with Gasteiger partial charge in [-0.1, -0.05) is 0 Å². The van der Waals surface area contributed by atoms with Crippen LogP contribution in [-0.4, -0.2) is 51.7 Å². The summed E-state index contributed by atoms with van der Waals surface area (Å²) in [5.74, 6) is 0.216. The van der Waals surface area contributed by atoms with Gasteiger partial charge in [-0.15, -0.1) is 0 Å². The van der Waals surface area contributed by atoms with Gasteiger partial charge in [0.25, 0.3) is 0 Å². The molecule has 3 aromatic heterocycles. The first-order valence-electron chi connectivity index (χ1n) is 10.2. The van der Waals surface area contributed by atoms with Crippen molar-refractivity contribution in [2.75, 3.05) is 13.1 Å². The Balaban J connectivity index is 1.28. The molecule has 1 aliphatic heterocycles. The number of H-pyrrole nitrogens is 1. The molecule has 11 heteroatoms. The molecular weight excluding hydrogens is 431 g/mol. The van der Waals surface area contributed by atoms with E-state index >= 15 is 0 Å². The van der Waals surface area contributed by atoms with Crippen LogP contribution in [0.1, 0.15) is 37.2 Å². The summed E-state index contributed by atoms with van der Waals surface area (Å²) in [6, 6.07) is 3.88. The highest BCUT2D eigenvalue weighted by molar-refractivity contribution is 7.89. The van der Waals surface area contributed by atoms with E-state index in [0.29, 0.717) is 25.9 Å². The van der Waals surface area contributed by atoms with Crippen LogP contribution in [0.25, 0.3) is 11.0 Å². The maximum Gasteiger partial charge on any atom is 0.396 e. The van der Waals surface area contributed by atoms with Crippen LogP contribution in [0.3, 0.4) is 0 Å². The first-order valence-corrected chi connectivity index (χ1v) is 11.6. The SMILES string of the molecule is O=S(=O)(c1cnn(CC2(C(F)(F)F)CC2)c1)N1CCC(c2c[nH]c3ncccc23)CC1. The normalized spacial score (nSPS) is 20.4. The number of halogens is 3. The van der Waals surface area contributed by atoms with Gasteiger partial charge < -0.3 is 4.98 Å². The van der Waals surface area contributed by atoms with Gasteiger partial charge in [0.1, 0.15) is 10.5 Å². The molecular formula is C20H22F3N5O2S. The molecule has 1 saturated carbocycles. The Bertz CT molecular complexity index is 1200. The van der Waals surface area contributed by atoms with E-state index in [4.69, 9.17) is 0 Å². The zero-order valence-electron chi connectivity index (χ0n) is 16.6. The smallest absolute Gasteiger partial charge is 0.346 e. The van der Waals surface area contributed by atoms with Crippen molar-refractivity contribution in [2.24, 2.45) is 5.41 Å². The third-order valence-electron chi connectivity index (χ3n) is 6.54. The largest absolute Gasteiger partial charge is 0.396 e. The number of pyridine rings is 1. The van der Waals surface area contributed by atoms with Gasteiger partial charge in [0.15, 0.2) is 0 Å². The molecule has 3 aromatic rings. The van der Waals surface area contributed by atoms with E-state index in [-0.39, 0.29) is 30.2 Å². The van der Waals surface area contributed by atoms with Gasteiger partial charge in [-0.2, -0.15) is 22.6 Å².